The van der Waals surface area contributed by atoms with Gasteiger partial charge in [-0.05, 0) is 37.7 Å². The van der Waals surface area contributed by atoms with Gasteiger partial charge in [0.1, 0.15) is 24.6 Å². The highest BCUT2D eigenvalue weighted by molar-refractivity contribution is 6.09. The Balaban J connectivity index is 1.57. The van der Waals surface area contributed by atoms with Gasteiger partial charge >= 0.3 is 11.9 Å². The van der Waals surface area contributed by atoms with E-state index in [0.717, 1.165) is 41.6 Å². The Hall–Kier alpha value is -3.53. The number of amides is 1. The van der Waals surface area contributed by atoms with Crippen LogP contribution >= 0.6 is 0 Å². The standard InChI is InChI=1S/C29H40N4O6/c1-6-22-31-26-27(33(22)19-29(3,4)5)20-13-10-11-14-21(20)30-28(26)32-23(34)17-37-18-25(36)39-16-12-8-9-15-24(35)38-7-2/h10-11,13-14H,6-9,12,15-19H2,1-5H3,(H,30,32,34). The molecule has 0 spiro atoms. The number of benzene rings is 1. The Morgan fingerprint density at radius 1 is 0.949 bits per heavy atom. The zero-order chi connectivity index (χ0) is 28.4. The topological polar surface area (TPSA) is 122 Å². The molecule has 0 fully saturated rings. The van der Waals surface area contributed by atoms with Crippen molar-refractivity contribution in [3.05, 3.63) is 30.1 Å². The maximum absolute atomic E-state index is 12.7. The van der Waals surface area contributed by atoms with Crippen molar-refractivity contribution in [2.45, 2.75) is 73.3 Å². The van der Waals surface area contributed by atoms with Crippen LogP contribution in [0.1, 0.15) is 66.1 Å². The van der Waals surface area contributed by atoms with Crippen molar-refractivity contribution < 1.29 is 28.6 Å². The zero-order valence-electron chi connectivity index (χ0n) is 23.7. The van der Waals surface area contributed by atoms with Gasteiger partial charge in [-0.25, -0.2) is 14.8 Å². The molecule has 212 valence electrons. The van der Waals surface area contributed by atoms with Crippen LogP contribution in [0.25, 0.3) is 21.9 Å². The van der Waals surface area contributed by atoms with Crippen LogP contribution in [0.3, 0.4) is 0 Å². The molecule has 0 bridgehead atoms. The number of carbonyl (C=O) groups excluding carboxylic acids is 3. The van der Waals surface area contributed by atoms with Gasteiger partial charge in [0, 0.05) is 24.8 Å². The van der Waals surface area contributed by atoms with Gasteiger partial charge in [-0.15, -0.1) is 0 Å². The maximum Gasteiger partial charge on any atom is 0.332 e. The molecule has 0 radical (unpaired) electrons. The van der Waals surface area contributed by atoms with Crippen molar-refractivity contribution in [2.75, 3.05) is 31.7 Å². The van der Waals surface area contributed by atoms with Crippen molar-refractivity contribution in [1.82, 2.24) is 14.5 Å². The molecule has 2 heterocycles. The highest BCUT2D eigenvalue weighted by Crippen LogP contribution is 2.32. The first-order valence-electron chi connectivity index (χ1n) is 13.6. The molecule has 0 aliphatic heterocycles. The Bertz CT molecular complexity index is 1290. The number of hydrogen-bond acceptors (Lipinski definition) is 8. The SMILES string of the molecule is CCOC(=O)CCCCCOC(=O)COCC(=O)Nc1nc2ccccc2c2c1nc(CC)n2CC(C)(C)C. The fourth-order valence-electron chi connectivity index (χ4n) is 4.29. The molecule has 1 amide bonds. The number of rotatable bonds is 14. The second-order valence-electron chi connectivity index (χ2n) is 10.6. The lowest BCUT2D eigenvalue weighted by atomic mass is 9.96. The molecule has 2 aromatic heterocycles. The molecule has 10 heteroatoms. The number of aryl methyl sites for hydroxylation is 1. The Labute approximate surface area is 229 Å². The number of fused-ring (bicyclic) bond motifs is 3. The van der Waals surface area contributed by atoms with Gasteiger partial charge in [0.25, 0.3) is 5.91 Å². The predicted octanol–water partition coefficient (Wildman–Crippen LogP) is 4.81. The third kappa shape index (κ3) is 8.74. The first-order valence-corrected chi connectivity index (χ1v) is 13.6. The summed E-state index contributed by atoms with van der Waals surface area (Å²) in [6.07, 6.45) is 3.15. The number of imidazole rings is 1. The van der Waals surface area contributed by atoms with Gasteiger partial charge in [-0.2, -0.15) is 0 Å². The minimum absolute atomic E-state index is 0.0242. The minimum Gasteiger partial charge on any atom is -0.466 e. The van der Waals surface area contributed by atoms with E-state index in [-0.39, 0.29) is 31.2 Å². The van der Waals surface area contributed by atoms with Gasteiger partial charge < -0.3 is 24.1 Å². The Morgan fingerprint density at radius 3 is 2.44 bits per heavy atom. The second kappa shape index (κ2) is 14.0. The number of aromatic nitrogens is 3. The molecule has 1 aromatic carbocycles. The van der Waals surface area contributed by atoms with Crippen molar-refractivity contribution in [2.24, 2.45) is 5.41 Å². The number of pyridine rings is 1. The largest absolute Gasteiger partial charge is 0.466 e. The van der Waals surface area contributed by atoms with Crippen LogP contribution in [0.4, 0.5) is 5.82 Å². The number of nitrogens with zero attached hydrogens (tertiary/aromatic N) is 3. The van der Waals surface area contributed by atoms with Gasteiger partial charge in [-0.3, -0.25) is 9.59 Å². The third-order valence-corrected chi connectivity index (χ3v) is 5.92. The minimum atomic E-state index is -0.548. The number of para-hydroxylation sites is 1. The Kier molecular flexibility index (Phi) is 10.8. The summed E-state index contributed by atoms with van der Waals surface area (Å²) in [4.78, 5) is 45.5. The summed E-state index contributed by atoms with van der Waals surface area (Å²) in [5.74, 6) is 0.0885. The van der Waals surface area contributed by atoms with E-state index in [4.69, 9.17) is 19.2 Å². The number of hydrogen-bond donors (Lipinski definition) is 1. The van der Waals surface area contributed by atoms with Crippen LogP contribution in [0.2, 0.25) is 0 Å². The summed E-state index contributed by atoms with van der Waals surface area (Å²) in [5.41, 5.74) is 2.35. The molecular weight excluding hydrogens is 500 g/mol. The maximum atomic E-state index is 12.7. The van der Waals surface area contributed by atoms with Crippen LogP contribution in [0.15, 0.2) is 24.3 Å². The second-order valence-corrected chi connectivity index (χ2v) is 10.6. The van der Waals surface area contributed by atoms with Crippen molar-refractivity contribution >= 4 is 45.6 Å². The first kappa shape index (κ1) is 30.0. The zero-order valence-corrected chi connectivity index (χ0v) is 23.7. The first-order chi connectivity index (χ1) is 18.6. The monoisotopic (exact) mass is 540 g/mol. The Morgan fingerprint density at radius 2 is 1.72 bits per heavy atom. The fourth-order valence-corrected chi connectivity index (χ4v) is 4.29. The molecule has 0 aliphatic rings. The van der Waals surface area contributed by atoms with Gasteiger partial charge in [0.05, 0.1) is 24.2 Å². The van der Waals surface area contributed by atoms with Crippen LogP contribution in [-0.4, -0.2) is 58.8 Å². The molecule has 39 heavy (non-hydrogen) atoms. The van der Waals surface area contributed by atoms with E-state index in [1.54, 1.807) is 6.92 Å². The third-order valence-electron chi connectivity index (χ3n) is 5.92. The normalized spacial score (nSPS) is 11.6. The van der Waals surface area contributed by atoms with Gasteiger partial charge in [-0.1, -0.05) is 45.9 Å². The number of anilines is 1. The van der Waals surface area contributed by atoms with Gasteiger partial charge in [0.2, 0.25) is 0 Å². The molecule has 3 rings (SSSR count). The van der Waals surface area contributed by atoms with Crippen molar-refractivity contribution in [3.8, 4) is 0 Å². The summed E-state index contributed by atoms with van der Waals surface area (Å²) in [7, 11) is 0. The van der Waals surface area contributed by atoms with E-state index in [0.29, 0.717) is 37.2 Å². The van der Waals surface area contributed by atoms with E-state index >= 15 is 0 Å². The summed E-state index contributed by atoms with van der Waals surface area (Å²) >= 11 is 0. The lowest BCUT2D eigenvalue weighted by Gasteiger charge is -2.21. The molecule has 0 aliphatic carbocycles. The average Bonchev–Trinajstić information content (AvgIpc) is 3.23. The van der Waals surface area contributed by atoms with Crippen molar-refractivity contribution in [3.63, 3.8) is 0 Å². The van der Waals surface area contributed by atoms with Gasteiger partial charge in [0.15, 0.2) is 5.82 Å². The molecule has 0 atom stereocenters. The van der Waals surface area contributed by atoms with E-state index in [9.17, 15) is 14.4 Å². The molecule has 0 saturated heterocycles. The highest BCUT2D eigenvalue weighted by Gasteiger charge is 2.22. The number of esters is 2. The van der Waals surface area contributed by atoms with E-state index in [2.05, 4.69) is 42.6 Å². The predicted molar refractivity (Wildman–Crippen MR) is 149 cm³/mol. The number of carbonyl (C=O) groups is 3. The number of ether oxygens (including phenoxy) is 3. The summed E-state index contributed by atoms with van der Waals surface area (Å²) in [6.45, 7) is 11.1. The summed E-state index contributed by atoms with van der Waals surface area (Å²) in [6, 6.07) is 7.81. The van der Waals surface area contributed by atoms with Crippen LogP contribution < -0.4 is 5.32 Å². The van der Waals surface area contributed by atoms with Crippen LogP contribution in [-0.2, 0) is 41.6 Å². The molecule has 3 aromatic rings. The summed E-state index contributed by atoms with van der Waals surface area (Å²) < 4.78 is 17.5. The van der Waals surface area contributed by atoms with Crippen LogP contribution in [0, 0.1) is 5.41 Å². The van der Waals surface area contributed by atoms with E-state index < -0.39 is 11.9 Å². The highest BCUT2D eigenvalue weighted by atomic mass is 16.6. The number of nitrogens with one attached hydrogen (secondary N) is 1. The summed E-state index contributed by atoms with van der Waals surface area (Å²) in [5, 5.41) is 3.80. The lowest BCUT2D eigenvalue weighted by Crippen LogP contribution is -2.22. The average molecular weight is 541 g/mol. The van der Waals surface area contributed by atoms with Crippen LogP contribution in [0.5, 0.6) is 0 Å². The molecule has 1 N–H and O–H groups in total. The van der Waals surface area contributed by atoms with E-state index in [1.165, 1.54) is 0 Å². The number of unbranched alkanes of at least 4 members (excludes halogenated alkanes) is 2. The quantitative estimate of drug-likeness (QED) is 0.228. The lowest BCUT2D eigenvalue weighted by molar-refractivity contribution is -0.150. The molecule has 0 saturated carbocycles. The van der Waals surface area contributed by atoms with E-state index in [1.807, 2.05) is 24.3 Å². The molecular formula is C29H40N4O6. The van der Waals surface area contributed by atoms with Crippen molar-refractivity contribution in [1.29, 1.82) is 0 Å². The smallest absolute Gasteiger partial charge is 0.332 e. The molecule has 0 unspecified atom stereocenters. The fraction of sp³-hybridized carbons (Fsp3) is 0.552. The molecule has 10 nitrogen and oxygen atoms in total.